The van der Waals surface area contributed by atoms with Gasteiger partial charge in [-0.25, -0.2) is 0 Å². The molecule has 6 nitrogen and oxygen atoms in total. The van der Waals surface area contributed by atoms with Crippen LogP contribution in [0.2, 0.25) is 0 Å². The molecule has 0 aliphatic carbocycles. The van der Waals surface area contributed by atoms with Crippen molar-refractivity contribution in [2.45, 2.75) is 353 Å². The Bertz CT molecular complexity index is 1230. The highest BCUT2D eigenvalue weighted by Crippen LogP contribution is 2.17. The van der Waals surface area contributed by atoms with Crippen LogP contribution in [0.1, 0.15) is 341 Å². The van der Waals surface area contributed by atoms with Gasteiger partial charge in [0.05, 0.1) is 25.4 Å². The van der Waals surface area contributed by atoms with E-state index in [9.17, 15) is 19.8 Å². The van der Waals surface area contributed by atoms with Gasteiger partial charge >= 0.3 is 5.97 Å². The predicted molar refractivity (Wildman–Crippen MR) is 319 cm³/mol. The normalized spacial score (nSPS) is 12.9. The highest BCUT2D eigenvalue weighted by Gasteiger charge is 2.20. The number of allylic oxidation sites excluding steroid dienone is 8. The fourth-order valence-electron chi connectivity index (χ4n) is 9.88. The quantitative estimate of drug-likeness (QED) is 0.0320. The number of hydrogen-bond acceptors (Lipinski definition) is 5. The van der Waals surface area contributed by atoms with E-state index in [1.165, 1.54) is 250 Å². The predicted octanol–water partition coefficient (Wildman–Crippen LogP) is 20.5. The summed E-state index contributed by atoms with van der Waals surface area (Å²) in [5, 5.41) is 23.3. The summed E-state index contributed by atoms with van der Waals surface area (Å²) in [6.45, 7) is 4.93. The molecular formula is C67H125NO5. The zero-order chi connectivity index (χ0) is 52.9. The van der Waals surface area contributed by atoms with Crippen molar-refractivity contribution >= 4 is 11.9 Å². The van der Waals surface area contributed by atoms with E-state index >= 15 is 0 Å². The van der Waals surface area contributed by atoms with Gasteiger partial charge in [0, 0.05) is 12.8 Å². The van der Waals surface area contributed by atoms with Gasteiger partial charge in [0.2, 0.25) is 5.91 Å². The molecule has 2 unspecified atom stereocenters. The van der Waals surface area contributed by atoms with Crippen molar-refractivity contribution in [2.24, 2.45) is 0 Å². The Balaban J connectivity index is 3.42. The molecule has 428 valence electrons. The lowest BCUT2D eigenvalue weighted by Gasteiger charge is -2.22. The Labute approximate surface area is 455 Å². The summed E-state index contributed by atoms with van der Waals surface area (Å²) in [6, 6.07) is -0.546. The largest absolute Gasteiger partial charge is 0.466 e. The van der Waals surface area contributed by atoms with E-state index in [1.807, 2.05) is 0 Å². The highest BCUT2D eigenvalue weighted by molar-refractivity contribution is 5.76. The lowest BCUT2D eigenvalue weighted by atomic mass is 10.0. The Morgan fingerprint density at radius 1 is 0.384 bits per heavy atom. The topological polar surface area (TPSA) is 95.9 Å². The highest BCUT2D eigenvalue weighted by atomic mass is 16.5. The Morgan fingerprint density at radius 3 is 1.05 bits per heavy atom. The average Bonchev–Trinajstić information content (AvgIpc) is 3.39. The van der Waals surface area contributed by atoms with Gasteiger partial charge in [0.25, 0.3) is 0 Å². The first-order chi connectivity index (χ1) is 36.0. The number of hydrogen-bond donors (Lipinski definition) is 3. The van der Waals surface area contributed by atoms with E-state index in [4.69, 9.17) is 4.74 Å². The first kappa shape index (κ1) is 70.8. The molecule has 0 heterocycles. The summed E-state index contributed by atoms with van der Waals surface area (Å²) >= 11 is 0. The first-order valence-electron chi connectivity index (χ1n) is 32.4. The molecule has 0 bridgehead atoms. The molecular weight excluding hydrogens is 899 g/mol. The van der Waals surface area contributed by atoms with Gasteiger partial charge < -0.3 is 20.3 Å². The van der Waals surface area contributed by atoms with Gasteiger partial charge in [-0.3, -0.25) is 9.59 Å². The monoisotopic (exact) mass is 1020 g/mol. The minimum atomic E-state index is -0.668. The van der Waals surface area contributed by atoms with Crippen molar-refractivity contribution < 1.29 is 24.5 Å². The molecule has 3 N–H and O–H groups in total. The van der Waals surface area contributed by atoms with Crippen molar-refractivity contribution in [3.63, 3.8) is 0 Å². The van der Waals surface area contributed by atoms with Crippen LogP contribution in [0.3, 0.4) is 0 Å². The summed E-state index contributed by atoms with van der Waals surface area (Å²) in [4.78, 5) is 24.6. The molecule has 0 aliphatic rings. The average molecular weight is 1020 g/mol. The van der Waals surface area contributed by atoms with Crippen molar-refractivity contribution in [3.8, 4) is 0 Å². The number of ether oxygens (including phenoxy) is 1. The SMILES string of the molecule is CCCCCC/C=C\C/C=C\CCCCCCCCCC(=O)OCCCCCCCCCCC/C=C\C/C=C\CCCCCCCCCCCC(=O)NC(CO)C(O)CCCCCCCCCCCCCCC. The molecule has 0 aromatic carbocycles. The number of rotatable bonds is 60. The van der Waals surface area contributed by atoms with Gasteiger partial charge in [-0.15, -0.1) is 0 Å². The Hall–Kier alpha value is -2.18. The summed E-state index contributed by atoms with van der Waals surface area (Å²) in [6.07, 6.45) is 79.9. The summed E-state index contributed by atoms with van der Waals surface area (Å²) in [5.74, 6) is -0.0393. The third-order valence-electron chi connectivity index (χ3n) is 14.9. The summed E-state index contributed by atoms with van der Waals surface area (Å²) in [7, 11) is 0. The number of unbranched alkanes of at least 4 members (excludes halogenated alkanes) is 41. The molecule has 0 rings (SSSR count). The number of nitrogens with one attached hydrogen (secondary N) is 1. The molecule has 0 aliphatic heterocycles. The number of aliphatic hydroxyl groups excluding tert-OH is 2. The van der Waals surface area contributed by atoms with Crippen molar-refractivity contribution in [2.75, 3.05) is 13.2 Å². The van der Waals surface area contributed by atoms with E-state index in [2.05, 4.69) is 67.8 Å². The molecule has 1 amide bonds. The molecule has 2 atom stereocenters. The van der Waals surface area contributed by atoms with Crippen LogP contribution < -0.4 is 5.32 Å². The second-order valence-corrected chi connectivity index (χ2v) is 22.1. The van der Waals surface area contributed by atoms with Gasteiger partial charge in [-0.1, -0.05) is 287 Å². The standard InChI is InChI=1S/C67H125NO5/c1-3-5-7-9-11-13-15-17-18-19-30-33-37-41-45-49-53-57-61-67(72)73-62-58-54-50-46-42-38-34-31-28-26-24-22-20-21-23-25-27-29-32-36-40-44-48-52-56-60-66(71)68-64(63-69)65(70)59-55-51-47-43-39-35-16-14-12-10-8-6-4-2/h13,15,18-19,21-24,64-65,69-70H,3-12,14,16-17,20,25-63H2,1-2H3,(H,68,71)/b15-13-,19-18-,23-21-,24-22-. The Kier molecular flexibility index (Phi) is 60.5. The van der Waals surface area contributed by atoms with Crippen LogP contribution in [-0.2, 0) is 14.3 Å². The zero-order valence-electron chi connectivity index (χ0n) is 48.9. The first-order valence-corrected chi connectivity index (χ1v) is 32.4. The van der Waals surface area contributed by atoms with Gasteiger partial charge in [-0.05, 0) is 89.9 Å². The molecule has 6 heteroatoms. The molecule has 0 aromatic heterocycles. The van der Waals surface area contributed by atoms with E-state index in [0.717, 1.165) is 57.8 Å². The minimum Gasteiger partial charge on any atom is -0.466 e. The number of amides is 1. The lowest BCUT2D eigenvalue weighted by molar-refractivity contribution is -0.143. The van der Waals surface area contributed by atoms with Crippen LogP contribution >= 0.6 is 0 Å². The maximum Gasteiger partial charge on any atom is 0.305 e. The van der Waals surface area contributed by atoms with E-state index in [1.54, 1.807) is 0 Å². The number of carbonyl (C=O) groups is 2. The number of aliphatic hydroxyl groups is 2. The van der Waals surface area contributed by atoms with E-state index in [-0.39, 0.29) is 18.5 Å². The fraction of sp³-hybridized carbons (Fsp3) is 0.851. The van der Waals surface area contributed by atoms with E-state index < -0.39 is 12.1 Å². The molecule has 0 saturated heterocycles. The van der Waals surface area contributed by atoms with Crippen molar-refractivity contribution in [3.05, 3.63) is 48.6 Å². The van der Waals surface area contributed by atoms with Crippen LogP contribution in [0.25, 0.3) is 0 Å². The number of esters is 1. The molecule has 0 aromatic rings. The van der Waals surface area contributed by atoms with Gasteiger partial charge in [0.15, 0.2) is 0 Å². The van der Waals surface area contributed by atoms with Crippen LogP contribution in [0.4, 0.5) is 0 Å². The molecule has 0 saturated carbocycles. The summed E-state index contributed by atoms with van der Waals surface area (Å²) < 4.78 is 5.49. The van der Waals surface area contributed by atoms with Crippen molar-refractivity contribution in [1.82, 2.24) is 5.32 Å². The molecule has 0 radical (unpaired) electrons. The van der Waals surface area contributed by atoms with Gasteiger partial charge in [0.1, 0.15) is 0 Å². The summed E-state index contributed by atoms with van der Waals surface area (Å²) in [5.41, 5.74) is 0. The lowest BCUT2D eigenvalue weighted by Crippen LogP contribution is -2.45. The second-order valence-electron chi connectivity index (χ2n) is 22.1. The second kappa shape index (κ2) is 62.4. The smallest absolute Gasteiger partial charge is 0.305 e. The van der Waals surface area contributed by atoms with Crippen LogP contribution in [0, 0.1) is 0 Å². The third-order valence-corrected chi connectivity index (χ3v) is 14.9. The maximum atomic E-state index is 12.5. The minimum absolute atomic E-state index is 0.00155. The Morgan fingerprint density at radius 2 is 0.685 bits per heavy atom. The van der Waals surface area contributed by atoms with Crippen LogP contribution in [0.5, 0.6) is 0 Å². The fourth-order valence-corrected chi connectivity index (χ4v) is 9.88. The van der Waals surface area contributed by atoms with Crippen molar-refractivity contribution in [1.29, 1.82) is 0 Å². The molecule has 0 fully saturated rings. The van der Waals surface area contributed by atoms with Crippen LogP contribution in [-0.4, -0.2) is 47.4 Å². The zero-order valence-corrected chi connectivity index (χ0v) is 48.9. The molecule has 73 heavy (non-hydrogen) atoms. The van der Waals surface area contributed by atoms with E-state index in [0.29, 0.717) is 25.9 Å². The van der Waals surface area contributed by atoms with Crippen LogP contribution in [0.15, 0.2) is 48.6 Å². The third kappa shape index (κ3) is 58.9. The molecule has 0 spiro atoms. The number of carbonyl (C=O) groups excluding carboxylic acids is 2. The maximum absolute atomic E-state index is 12.5. The van der Waals surface area contributed by atoms with Gasteiger partial charge in [-0.2, -0.15) is 0 Å².